The average Bonchev–Trinajstić information content (AvgIpc) is 2.59. The van der Waals surface area contributed by atoms with Crippen LogP contribution in [0.15, 0.2) is 53.4 Å². The second-order valence-electron chi connectivity index (χ2n) is 6.11. The van der Waals surface area contributed by atoms with Gasteiger partial charge in [-0.25, -0.2) is 13.1 Å². The van der Waals surface area contributed by atoms with Gasteiger partial charge < -0.3 is 10.2 Å². The predicted octanol–water partition coefficient (Wildman–Crippen LogP) is 2.28. The molecule has 0 saturated carbocycles. The molecule has 0 spiro atoms. The van der Waals surface area contributed by atoms with E-state index in [1.165, 1.54) is 24.8 Å². The molecular formula is C19H23N3O4S. The second kappa shape index (κ2) is 8.79. The number of benzene rings is 2. The Morgan fingerprint density at radius 2 is 1.70 bits per heavy atom. The summed E-state index contributed by atoms with van der Waals surface area (Å²) in [6.07, 6.45) is 0. The highest BCUT2D eigenvalue weighted by Gasteiger charge is 2.16. The Labute approximate surface area is 159 Å². The van der Waals surface area contributed by atoms with Crippen LogP contribution in [-0.2, 0) is 19.6 Å². The van der Waals surface area contributed by atoms with Crippen molar-refractivity contribution in [3.8, 4) is 0 Å². The van der Waals surface area contributed by atoms with Crippen LogP contribution in [0.2, 0.25) is 0 Å². The first kappa shape index (κ1) is 20.6. The van der Waals surface area contributed by atoms with E-state index in [1.807, 2.05) is 13.0 Å². The predicted molar refractivity (Wildman–Crippen MR) is 105 cm³/mol. The van der Waals surface area contributed by atoms with Crippen LogP contribution in [0.1, 0.15) is 19.4 Å². The van der Waals surface area contributed by atoms with Crippen molar-refractivity contribution in [2.75, 3.05) is 23.3 Å². The van der Waals surface area contributed by atoms with Crippen molar-refractivity contribution in [1.29, 1.82) is 0 Å². The molecule has 0 radical (unpaired) electrons. The highest BCUT2D eigenvalue weighted by Crippen LogP contribution is 2.18. The molecule has 144 valence electrons. The molecule has 2 rings (SSSR count). The molecule has 0 fully saturated rings. The minimum atomic E-state index is -3.64. The number of amides is 2. The van der Waals surface area contributed by atoms with E-state index >= 15 is 0 Å². The van der Waals surface area contributed by atoms with Crippen molar-refractivity contribution in [2.24, 2.45) is 0 Å². The molecule has 0 aliphatic heterocycles. The van der Waals surface area contributed by atoms with Crippen molar-refractivity contribution in [2.45, 2.75) is 25.7 Å². The van der Waals surface area contributed by atoms with Gasteiger partial charge in [0, 0.05) is 38.3 Å². The van der Waals surface area contributed by atoms with Crippen LogP contribution in [0, 0.1) is 6.92 Å². The number of anilines is 2. The lowest BCUT2D eigenvalue weighted by molar-refractivity contribution is -0.116. The number of carbonyl (C=O) groups is 2. The normalized spacial score (nSPS) is 11.1. The molecular weight excluding hydrogens is 366 g/mol. The van der Waals surface area contributed by atoms with E-state index in [9.17, 15) is 18.0 Å². The van der Waals surface area contributed by atoms with Crippen LogP contribution in [0.3, 0.4) is 0 Å². The van der Waals surface area contributed by atoms with E-state index in [-0.39, 0.29) is 29.8 Å². The Morgan fingerprint density at radius 1 is 1.04 bits per heavy atom. The van der Waals surface area contributed by atoms with Crippen molar-refractivity contribution in [1.82, 2.24) is 4.72 Å². The van der Waals surface area contributed by atoms with Gasteiger partial charge in [0.2, 0.25) is 21.8 Å². The number of hydrogen-bond donors (Lipinski definition) is 2. The lowest BCUT2D eigenvalue weighted by Crippen LogP contribution is -2.37. The SMILES string of the molecule is CC(=O)Nc1ccc(N(CCNS(=O)(=O)c2cccc(C)c2)C(C)=O)cc1. The van der Waals surface area contributed by atoms with Crippen molar-refractivity contribution in [3.63, 3.8) is 0 Å². The van der Waals surface area contributed by atoms with Gasteiger partial charge in [-0.1, -0.05) is 12.1 Å². The van der Waals surface area contributed by atoms with E-state index in [1.54, 1.807) is 36.4 Å². The first-order valence-corrected chi connectivity index (χ1v) is 9.89. The largest absolute Gasteiger partial charge is 0.326 e. The fraction of sp³-hybridized carbons (Fsp3) is 0.263. The summed E-state index contributed by atoms with van der Waals surface area (Å²) in [5.74, 6) is -0.395. The molecule has 0 aliphatic rings. The highest BCUT2D eigenvalue weighted by molar-refractivity contribution is 7.89. The zero-order chi connectivity index (χ0) is 20.0. The van der Waals surface area contributed by atoms with Crippen LogP contribution in [0.5, 0.6) is 0 Å². The summed E-state index contributed by atoms with van der Waals surface area (Å²) in [7, 11) is -3.64. The molecule has 0 atom stereocenters. The fourth-order valence-corrected chi connectivity index (χ4v) is 3.68. The van der Waals surface area contributed by atoms with Gasteiger partial charge in [0.1, 0.15) is 0 Å². The highest BCUT2D eigenvalue weighted by atomic mass is 32.2. The molecule has 0 bridgehead atoms. The summed E-state index contributed by atoms with van der Waals surface area (Å²) < 4.78 is 27.2. The third kappa shape index (κ3) is 5.90. The van der Waals surface area contributed by atoms with Crippen molar-refractivity contribution < 1.29 is 18.0 Å². The van der Waals surface area contributed by atoms with Crippen LogP contribution in [0.4, 0.5) is 11.4 Å². The van der Waals surface area contributed by atoms with Gasteiger partial charge in [-0.15, -0.1) is 0 Å². The Balaban J connectivity index is 2.04. The quantitative estimate of drug-likeness (QED) is 0.759. The summed E-state index contributed by atoms with van der Waals surface area (Å²) >= 11 is 0. The molecule has 2 aromatic carbocycles. The number of nitrogens with one attached hydrogen (secondary N) is 2. The Hall–Kier alpha value is -2.71. The lowest BCUT2D eigenvalue weighted by atomic mass is 10.2. The van der Waals surface area contributed by atoms with Gasteiger partial charge in [0.25, 0.3) is 0 Å². The summed E-state index contributed by atoms with van der Waals surface area (Å²) in [4.78, 5) is 24.7. The molecule has 0 aliphatic carbocycles. The molecule has 7 nitrogen and oxygen atoms in total. The molecule has 2 N–H and O–H groups in total. The average molecular weight is 389 g/mol. The minimum absolute atomic E-state index is 0.0727. The fourth-order valence-electron chi connectivity index (χ4n) is 2.55. The Morgan fingerprint density at radius 3 is 2.26 bits per heavy atom. The number of nitrogens with zero attached hydrogens (tertiary/aromatic N) is 1. The summed E-state index contributed by atoms with van der Waals surface area (Å²) in [5.41, 5.74) is 2.09. The van der Waals surface area contributed by atoms with Crippen LogP contribution >= 0.6 is 0 Å². The number of carbonyl (C=O) groups excluding carboxylic acids is 2. The summed E-state index contributed by atoms with van der Waals surface area (Å²) in [6, 6.07) is 13.4. The molecule has 2 amide bonds. The number of aryl methyl sites for hydroxylation is 1. The van der Waals surface area contributed by atoms with Crippen molar-refractivity contribution >= 4 is 33.2 Å². The van der Waals surface area contributed by atoms with Crippen LogP contribution in [-0.4, -0.2) is 33.3 Å². The summed E-state index contributed by atoms with van der Waals surface area (Å²) in [5, 5.41) is 2.65. The topological polar surface area (TPSA) is 95.6 Å². The molecule has 0 heterocycles. The zero-order valence-electron chi connectivity index (χ0n) is 15.5. The maximum Gasteiger partial charge on any atom is 0.240 e. The number of sulfonamides is 1. The monoisotopic (exact) mass is 389 g/mol. The Kier molecular flexibility index (Phi) is 6.70. The number of hydrogen-bond acceptors (Lipinski definition) is 4. The van der Waals surface area contributed by atoms with Gasteiger partial charge in [0.15, 0.2) is 0 Å². The second-order valence-corrected chi connectivity index (χ2v) is 7.88. The standard InChI is InChI=1S/C19H23N3O4S/c1-14-5-4-6-19(13-14)27(25,26)20-11-12-22(16(3)24)18-9-7-17(8-10-18)21-15(2)23/h4-10,13,20H,11-12H2,1-3H3,(H,21,23). The van der Waals surface area contributed by atoms with Gasteiger partial charge in [-0.2, -0.15) is 0 Å². The maximum absolute atomic E-state index is 12.4. The zero-order valence-corrected chi connectivity index (χ0v) is 16.3. The van der Waals surface area contributed by atoms with Gasteiger partial charge in [-0.3, -0.25) is 9.59 Å². The molecule has 8 heteroatoms. The third-order valence-corrected chi connectivity index (χ3v) is 5.27. The molecule has 0 unspecified atom stereocenters. The van der Waals surface area contributed by atoms with Gasteiger partial charge >= 0.3 is 0 Å². The molecule has 0 saturated heterocycles. The van der Waals surface area contributed by atoms with E-state index in [4.69, 9.17) is 0 Å². The number of rotatable bonds is 7. The maximum atomic E-state index is 12.4. The van der Waals surface area contributed by atoms with E-state index in [2.05, 4.69) is 10.0 Å². The third-order valence-electron chi connectivity index (χ3n) is 3.81. The first-order chi connectivity index (χ1) is 12.7. The van der Waals surface area contributed by atoms with E-state index < -0.39 is 10.0 Å². The van der Waals surface area contributed by atoms with E-state index in [0.29, 0.717) is 11.4 Å². The molecule has 0 aromatic heterocycles. The van der Waals surface area contributed by atoms with Gasteiger partial charge in [0.05, 0.1) is 4.90 Å². The van der Waals surface area contributed by atoms with Crippen LogP contribution < -0.4 is 14.9 Å². The summed E-state index contributed by atoms with van der Waals surface area (Å²) in [6.45, 7) is 4.90. The van der Waals surface area contributed by atoms with Crippen LogP contribution in [0.25, 0.3) is 0 Å². The minimum Gasteiger partial charge on any atom is -0.326 e. The smallest absolute Gasteiger partial charge is 0.240 e. The molecule has 27 heavy (non-hydrogen) atoms. The first-order valence-electron chi connectivity index (χ1n) is 8.41. The van der Waals surface area contributed by atoms with E-state index in [0.717, 1.165) is 5.56 Å². The molecule has 2 aromatic rings. The van der Waals surface area contributed by atoms with Crippen molar-refractivity contribution in [3.05, 3.63) is 54.1 Å². The lowest BCUT2D eigenvalue weighted by Gasteiger charge is -2.21. The Bertz CT molecular complexity index is 924. The van der Waals surface area contributed by atoms with Gasteiger partial charge in [-0.05, 0) is 48.9 Å².